The van der Waals surface area contributed by atoms with Crippen LogP contribution in [0.15, 0.2) is 36.4 Å². The van der Waals surface area contributed by atoms with Gasteiger partial charge in [-0.25, -0.2) is 9.18 Å². The average Bonchev–Trinajstić information content (AvgIpc) is 2.47. The maximum atomic E-state index is 13.8. The number of hydrogen-bond donors (Lipinski definition) is 1. The fraction of sp³-hybridized carbons (Fsp3) is 0.188. The zero-order chi connectivity index (χ0) is 14.7. The summed E-state index contributed by atoms with van der Waals surface area (Å²) in [5.74, 6) is -1.23. The number of aliphatic hydroxyl groups excluding tert-OH is 1. The van der Waals surface area contributed by atoms with Crippen LogP contribution in [-0.4, -0.2) is 18.2 Å². The van der Waals surface area contributed by atoms with Crippen molar-refractivity contribution in [3.05, 3.63) is 58.9 Å². The van der Waals surface area contributed by atoms with Crippen molar-refractivity contribution in [1.82, 2.24) is 0 Å². The first kappa shape index (κ1) is 14.2. The van der Waals surface area contributed by atoms with E-state index in [0.717, 1.165) is 17.2 Å². The lowest BCUT2D eigenvalue weighted by Gasteiger charge is -2.13. The number of ether oxygens (including phenoxy) is 1. The van der Waals surface area contributed by atoms with Crippen molar-refractivity contribution in [3.63, 3.8) is 0 Å². The van der Waals surface area contributed by atoms with Gasteiger partial charge < -0.3 is 9.84 Å². The van der Waals surface area contributed by atoms with Gasteiger partial charge in [-0.3, -0.25) is 0 Å². The number of hydrogen-bond acceptors (Lipinski definition) is 3. The van der Waals surface area contributed by atoms with Crippen LogP contribution in [-0.2, 0) is 11.3 Å². The van der Waals surface area contributed by atoms with E-state index in [1.54, 1.807) is 0 Å². The first-order valence-corrected chi connectivity index (χ1v) is 6.16. The summed E-state index contributed by atoms with van der Waals surface area (Å²) in [6, 6.07) is 10.1. The summed E-state index contributed by atoms with van der Waals surface area (Å²) in [6.07, 6.45) is 0. The Morgan fingerprint density at radius 1 is 1.25 bits per heavy atom. The Morgan fingerprint density at radius 2 is 1.95 bits per heavy atom. The maximum absolute atomic E-state index is 13.8. The lowest BCUT2D eigenvalue weighted by Crippen LogP contribution is -2.06. The van der Waals surface area contributed by atoms with Gasteiger partial charge in [0.05, 0.1) is 19.3 Å². The van der Waals surface area contributed by atoms with Crippen molar-refractivity contribution in [2.45, 2.75) is 13.5 Å². The van der Waals surface area contributed by atoms with Gasteiger partial charge in [-0.2, -0.15) is 0 Å². The summed E-state index contributed by atoms with van der Waals surface area (Å²) in [5.41, 5.74) is 2.61. The molecule has 1 N–H and O–H groups in total. The van der Waals surface area contributed by atoms with E-state index in [9.17, 15) is 14.3 Å². The normalized spacial score (nSPS) is 10.4. The molecule has 0 spiro atoms. The topological polar surface area (TPSA) is 46.5 Å². The molecule has 104 valence electrons. The third-order valence-corrected chi connectivity index (χ3v) is 3.20. The van der Waals surface area contributed by atoms with Crippen molar-refractivity contribution < 1.29 is 19.0 Å². The van der Waals surface area contributed by atoms with E-state index in [0.29, 0.717) is 5.56 Å². The van der Waals surface area contributed by atoms with Crippen LogP contribution < -0.4 is 0 Å². The van der Waals surface area contributed by atoms with Gasteiger partial charge in [0.2, 0.25) is 0 Å². The molecule has 0 saturated heterocycles. The lowest BCUT2D eigenvalue weighted by molar-refractivity contribution is 0.0601. The van der Waals surface area contributed by atoms with Crippen molar-refractivity contribution in [2.75, 3.05) is 7.11 Å². The molecular formula is C16H15FO3. The molecule has 0 aliphatic rings. The molecule has 20 heavy (non-hydrogen) atoms. The number of esters is 1. The molecule has 0 saturated carbocycles. The largest absolute Gasteiger partial charge is 0.465 e. The summed E-state index contributed by atoms with van der Waals surface area (Å²) >= 11 is 0. The van der Waals surface area contributed by atoms with Gasteiger partial charge in [0.25, 0.3) is 0 Å². The van der Waals surface area contributed by atoms with Gasteiger partial charge >= 0.3 is 5.97 Å². The molecule has 0 radical (unpaired) electrons. The maximum Gasteiger partial charge on any atom is 0.338 e. The molecule has 0 aromatic heterocycles. The fourth-order valence-corrected chi connectivity index (χ4v) is 2.12. The summed E-state index contributed by atoms with van der Waals surface area (Å²) in [7, 11) is 1.25. The fourth-order valence-electron chi connectivity index (χ4n) is 2.12. The van der Waals surface area contributed by atoms with E-state index in [1.165, 1.54) is 13.2 Å². The number of aliphatic hydroxyl groups is 1. The van der Waals surface area contributed by atoms with E-state index in [4.69, 9.17) is 4.74 Å². The van der Waals surface area contributed by atoms with Crippen LogP contribution >= 0.6 is 0 Å². The minimum atomic E-state index is -0.620. The number of rotatable bonds is 3. The molecule has 0 unspecified atom stereocenters. The predicted molar refractivity (Wildman–Crippen MR) is 73.8 cm³/mol. The van der Waals surface area contributed by atoms with Gasteiger partial charge in [-0.15, -0.1) is 0 Å². The Balaban J connectivity index is 2.72. The molecule has 3 nitrogen and oxygen atoms in total. The highest BCUT2D eigenvalue weighted by molar-refractivity contribution is 5.97. The zero-order valence-corrected chi connectivity index (χ0v) is 11.3. The Kier molecular flexibility index (Phi) is 4.15. The van der Waals surface area contributed by atoms with Crippen LogP contribution in [0.4, 0.5) is 4.39 Å². The van der Waals surface area contributed by atoms with Gasteiger partial charge in [0, 0.05) is 5.56 Å². The minimum absolute atomic E-state index is 0.149. The number of benzene rings is 2. The first-order chi connectivity index (χ1) is 9.58. The summed E-state index contributed by atoms with van der Waals surface area (Å²) in [6.45, 7) is 1.48. The number of aryl methyl sites for hydroxylation is 1. The van der Waals surface area contributed by atoms with E-state index in [1.807, 2.05) is 31.2 Å². The molecule has 0 fully saturated rings. The third-order valence-electron chi connectivity index (χ3n) is 3.20. The quantitative estimate of drug-likeness (QED) is 0.875. The zero-order valence-electron chi connectivity index (χ0n) is 11.3. The molecule has 0 aliphatic heterocycles. The molecule has 0 bridgehead atoms. The van der Waals surface area contributed by atoms with Crippen LogP contribution in [0.2, 0.25) is 0 Å². The van der Waals surface area contributed by atoms with E-state index < -0.39 is 18.4 Å². The Morgan fingerprint density at radius 3 is 2.55 bits per heavy atom. The average molecular weight is 274 g/mol. The molecule has 0 atom stereocenters. The highest BCUT2D eigenvalue weighted by Gasteiger charge is 2.18. The molecular weight excluding hydrogens is 259 g/mol. The number of methoxy groups -OCH3 is 1. The third kappa shape index (κ3) is 2.56. The van der Waals surface area contributed by atoms with Crippen LogP contribution in [0.5, 0.6) is 0 Å². The smallest absolute Gasteiger partial charge is 0.338 e. The van der Waals surface area contributed by atoms with Gasteiger partial charge in [0.15, 0.2) is 0 Å². The Bertz CT molecular complexity index is 650. The molecule has 2 aromatic carbocycles. The van der Waals surface area contributed by atoms with Crippen molar-refractivity contribution in [1.29, 1.82) is 0 Å². The van der Waals surface area contributed by atoms with Gasteiger partial charge in [-0.1, -0.05) is 24.3 Å². The predicted octanol–water partition coefficient (Wildman–Crippen LogP) is 3.08. The molecule has 2 rings (SSSR count). The van der Waals surface area contributed by atoms with Gasteiger partial charge in [-0.05, 0) is 35.7 Å². The second-order valence-electron chi connectivity index (χ2n) is 4.45. The van der Waals surface area contributed by atoms with Crippen LogP contribution in [0.3, 0.4) is 0 Å². The van der Waals surface area contributed by atoms with E-state index in [2.05, 4.69) is 0 Å². The second-order valence-corrected chi connectivity index (χ2v) is 4.45. The van der Waals surface area contributed by atoms with Gasteiger partial charge in [0.1, 0.15) is 5.82 Å². The summed E-state index contributed by atoms with van der Waals surface area (Å²) in [5, 5.41) is 9.19. The lowest BCUT2D eigenvalue weighted by atomic mass is 9.94. The number of carbonyl (C=O) groups is 1. The summed E-state index contributed by atoms with van der Waals surface area (Å²) < 4.78 is 18.5. The molecule has 0 amide bonds. The van der Waals surface area contributed by atoms with Crippen LogP contribution in [0.1, 0.15) is 21.5 Å². The number of carbonyl (C=O) groups excluding carboxylic acids is 1. The van der Waals surface area contributed by atoms with E-state index >= 15 is 0 Å². The molecule has 4 heteroatoms. The minimum Gasteiger partial charge on any atom is -0.465 e. The highest BCUT2D eigenvalue weighted by atomic mass is 19.1. The SMILES string of the molecule is COC(=O)c1cc(F)c(CO)cc1-c1ccccc1C. The van der Waals surface area contributed by atoms with Crippen molar-refractivity contribution in [3.8, 4) is 11.1 Å². The Labute approximate surface area is 116 Å². The molecule has 2 aromatic rings. The second kappa shape index (κ2) is 5.84. The summed E-state index contributed by atoms with van der Waals surface area (Å²) in [4.78, 5) is 11.8. The van der Waals surface area contributed by atoms with Crippen molar-refractivity contribution >= 4 is 5.97 Å². The monoisotopic (exact) mass is 274 g/mol. The van der Waals surface area contributed by atoms with E-state index in [-0.39, 0.29) is 11.1 Å². The molecule has 0 aliphatic carbocycles. The van der Waals surface area contributed by atoms with Crippen molar-refractivity contribution in [2.24, 2.45) is 0 Å². The molecule has 0 heterocycles. The Hall–Kier alpha value is -2.20. The first-order valence-electron chi connectivity index (χ1n) is 6.16. The highest BCUT2D eigenvalue weighted by Crippen LogP contribution is 2.29. The van der Waals surface area contributed by atoms with Crippen LogP contribution in [0.25, 0.3) is 11.1 Å². The number of halogens is 1. The standard InChI is InChI=1S/C16H15FO3/c1-10-5-3-4-6-12(10)13-7-11(9-18)15(17)8-14(13)16(19)20-2/h3-8,18H,9H2,1-2H3. The van der Waals surface area contributed by atoms with Crippen LogP contribution in [0, 0.1) is 12.7 Å².